The van der Waals surface area contributed by atoms with Crippen LogP contribution in [0.25, 0.3) is 0 Å². The monoisotopic (exact) mass is 259 g/mol. The molecule has 102 valence electrons. The smallest absolute Gasteiger partial charge is 0.125 e. The summed E-state index contributed by atoms with van der Waals surface area (Å²) in [6.45, 7) is 5.51. The zero-order valence-electron chi connectivity index (χ0n) is 11.5. The Morgan fingerprint density at radius 1 is 1.42 bits per heavy atom. The van der Waals surface area contributed by atoms with Gasteiger partial charge < -0.3 is 15.0 Å². The van der Waals surface area contributed by atoms with Crippen molar-refractivity contribution in [2.45, 2.75) is 32.9 Å². The summed E-state index contributed by atoms with van der Waals surface area (Å²) >= 11 is 0. The van der Waals surface area contributed by atoms with Gasteiger partial charge >= 0.3 is 0 Å². The molecule has 0 aliphatic heterocycles. The predicted molar refractivity (Wildman–Crippen MR) is 76.3 cm³/mol. The maximum absolute atomic E-state index is 5.94. The Labute approximate surface area is 114 Å². The van der Waals surface area contributed by atoms with E-state index >= 15 is 0 Å². The molecule has 0 saturated heterocycles. The molecule has 0 amide bonds. The van der Waals surface area contributed by atoms with Gasteiger partial charge in [0.25, 0.3) is 0 Å². The zero-order chi connectivity index (χ0) is 13.7. The zero-order valence-corrected chi connectivity index (χ0v) is 11.5. The van der Waals surface area contributed by atoms with E-state index in [9.17, 15) is 0 Å². The van der Waals surface area contributed by atoms with Crippen molar-refractivity contribution in [2.75, 3.05) is 6.61 Å². The lowest BCUT2D eigenvalue weighted by Gasteiger charge is -2.15. The Hall–Kier alpha value is -1.81. The Kier molecular flexibility index (Phi) is 4.58. The van der Waals surface area contributed by atoms with E-state index in [-0.39, 0.29) is 6.04 Å². The SMILES string of the molecule is Cc1cccc(CC(C)N)c1OCCn1ccnc1. The van der Waals surface area contributed by atoms with Gasteiger partial charge in [-0.2, -0.15) is 0 Å². The lowest BCUT2D eigenvalue weighted by Crippen LogP contribution is -2.19. The minimum absolute atomic E-state index is 0.137. The standard InChI is InChI=1S/C15H21N3O/c1-12-4-3-5-14(10-13(2)16)15(12)19-9-8-18-7-6-17-11-18/h3-7,11,13H,8-10,16H2,1-2H3. The summed E-state index contributed by atoms with van der Waals surface area (Å²) in [6, 6.07) is 6.34. The van der Waals surface area contributed by atoms with Gasteiger partial charge in [0.15, 0.2) is 0 Å². The minimum atomic E-state index is 0.137. The van der Waals surface area contributed by atoms with Crippen LogP contribution in [0.1, 0.15) is 18.1 Å². The van der Waals surface area contributed by atoms with E-state index in [1.807, 2.05) is 17.7 Å². The Balaban J connectivity index is 2.01. The molecule has 1 heterocycles. The third-order valence-electron chi connectivity index (χ3n) is 2.99. The highest BCUT2D eigenvalue weighted by Gasteiger charge is 2.08. The van der Waals surface area contributed by atoms with Crippen molar-refractivity contribution in [3.8, 4) is 5.75 Å². The maximum atomic E-state index is 5.94. The molecule has 2 aromatic rings. The number of hydrogen-bond acceptors (Lipinski definition) is 3. The molecule has 1 aromatic carbocycles. The van der Waals surface area contributed by atoms with E-state index < -0.39 is 0 Å². The van der Waals surface area contributed by atoms with Crippen LogP contribution in [-0.4, -0.2) is 22.2 Å². The fourth-order valence-corrected chi connectivity index (χ4v) is 2.10. The number of nitrogens with two attached hydrogens (primary N) is 1. The number of aryl methyl sites for hydroxylation is 1. The van der Waals surface area contributed by atoms with Crippen LogP contribution < -0.4 is 10.5 Å². The first-order valence-electron chi connectivity index (χ1n) is 6.59. The largest absolute Gasteiger partial charge is 0.491 e. The second kappa shape index (κ2) is 6.38. The summed E-state index contributed by atoms with van der Waals surface area (Å²) in [4.78, 5) is 4.01. The van der Waals surface area contributed by atoms with Crippen LogP contribution in [0.2, 0.25) is 0 Å². The van der Waals surface area contributed by atoms with E-state index in [2.05, 4.69) is 30.1 Å². The molecule has 1 aromatic heterocycles. The molecule has 0 aliphatic rings. The van der Waals surface area contributed by atoms with E-state index in [4.69, 9.17) is 10.5 Å². The predicted octanol–water partition coefficient (Wildman–Crippen LogP) is 2.16. The number of para-hydroxylation sites is 1. The van der Waals surface area contributed by atoms with Crippen LogP contribution in [0.5, 0.6) is 5.75 Å². The Morgan fingerprint density at radius 3 is 2.95 bits per heavy atom. The molecule has 19 heavy (non-hydrogen) atoms. The van der Waals surface area contributed by atoms with Crippen LogP contribution in [0.4, 0.5) is 0 Å². The lowest BCUT2D eigenvalue weighted by molar-refractivity contribution is 0.293. The number of benzene rings is 1. The molecule has 0 radical (unpaired) electrons. The van der Waals surface area contributed by atoms with Gasteiger partial charge in [-0.3, -0.25) is 0 Å². The molecule has 4 nitrogen and oxygen atoms in total. The number of nitrogens with zero attached hydrogens (tertiary/aromatic N) is 2. The molecule has 2 rings (SSSR count). The van der Waals surface area contributed by atoms with E-state index in [0.29, 0.717) is 6.61 Å². The molecule has 1 unspecified atom stereocenters. The number of imidazole rings is 1. The molecule has 1 atom stereocenters. The van der Waals surface area contributed by atoms with Gasteiger partial charge in [0.2, 0.25) is 0 Å². The van der Waals surface area contributed by atoms with Crippen molar-refractivity contribution >= 4 is 0 Å². The van der Waals surface area contributed by atoms with Crippen molar-refractivity contribution in [1.82, 2.24) is 9.55 Å². The third kappa shape index (κ3) is 3.83. The van der Waals surface area contributed by atoms with Crippen LogP contribution in [0.3, 0.4) is 0 Å². The van der Waals surface area contributed by atoms with Crippen molar-refractivity contribution in [3.05, 3.63) is 48.0 Å². The van der Waals surface area contributed by atoms with Gasteiger partial charge in [-0.15, -0.1) is 0 Å². The molecule has 0 fully saturated rings. The Morgan fingerprint density at radius 2 is 2.26 bits per heavy atom. The third-order valence-corrected chi connectivity index (χ3v) is 2.99. The average molecular weight is 259 g/mol. The Bertz CT molecular complexity index is 506. The van der Waals surface area contributed by atoms with Crippen molar-refractivity contribution in [3.63, 3.8) is 0 Å². The first-order valence-corrected chi connectivity index (χ1v) is 6.59. The highest BCUT2D eigenvalue weighted by Crippen LogP contribution is 2.24. The summed E-state index contributed by atoms with van der Waals surface area (Å²) in [7, 11) is 0. The highest BCUT2D eigenvalue weighted by molar-refractivity contribution is 5.41. The number of hydrogen-bond donors (Lipinski definition) is 1. The van der Waals surface area contributed by atoms with Gasteiger partial charge in [-0.25, -0.2) is 4.98 Å². The van der Waals surface area contributed by atoms with Gasteiger partial charge in [-0.05, 0) is 31.4 Å². The molecular weight excluding hydrogens is 238 g/mol. The van der Waals surface area contributed by atoms with Gasteiger partial charge in [-0.1, -0.05) is 18.2 Å². The molecule has 0 bridgehead atoms. The average Bonchev–Trinajstić information content (AvgIpc) is 2.85. The molecule has 4 heteroatoms. The van der Waals surface area contributed by atoms with Crippen molar-refractivity contribution in [1.29, 1.82) is 0 Å². The summed E-state index contributed by atoms with van der Waals surface area (Å²) in [5.74, 6) is 0.972. The molecule has 0 saturated carbocycles. The normalized spacial score (nSPS) is 12.4. The van der Waals surface area contributed by atoms with Gasteiger partial charge in [0.1, 0.15) is 12.4 Å². The van der Waals surface area contributed by atoms with Crippen LogP contribution in [0.15, 0.2) is 36.9 Å². The van der Waals surface area contributed by atoms with E-state index in [1.165, 1.54) is 5.56 Å². The molecule has 0 spiro atoms. The first-order chi connectivity index (χ1) is 9.16. The fraction of sp³-hybridized carbons (Fsp3) is 0.400. The second-order valence-electron chi connectivity index (χ2n) is 4.89. The summed E-state index contributed by atoms with van der Waals surface area (Å²) < 4.78 is 7.94. The minimum Gasteiger partial charge on any atom is -0.491 e. The highest BCUT2D eigenvalue weighted by atomic mass is 16.5. The quantitative estimate of drug-likeness (QED) is 0.865. The summed E-state index contributed by atoms with van der Waals surface area (Å²) in [5.41, 5.74) is 8.22. The lowest BCUT2D eigenvalue weighted by atomic mass is 10.0. The van der Waals surface area contributed by atoms with Gasteiger partial charge in [0, 0.05) is 18.4 Å². The second-order valence-corrected chi connectivity index (χ2v) is 4.89. The van der Waals surface area contributed by atoms with Crippen LogP contribution in [-0.2, 0) is 13.0 Å². The summed E-state index contributed by atoms with van der Waals surface area (Å²) in [6.07, 6.45) is 6.34. The number of aromatic nitrogens is 2. The van der Waals surface area contributed by atoms with Gasteiger partial charge in [0.05, 0.1) is 12.9 Å². The molecule has 2 N–H and O–H groups in total. The topological polar surface area (TPSA) is 53.1 Å². The van der Waals surface area contributed by atoms with Crippen molar-refractivity contribution < 1.29 is 4.74 Å². The fourth-order valence-electron chi connectivity index (χ4n) is 2.10. The summed E-state index contributed by atoms with van der Waals surface area (Å²) in [5, 5.41) is 0. The molecule has 0 aliphatic carbocycles. The maximum Gasteiger partial charge on any atom is 0.125 e. The molecular formula is C15H21N3O. The number of ether oxygens (including phenoxy) is 1. The number of rotatable bonds is 6. The van der Waals surface area contributed by atoms with Crippen LogP contribution >= 0.6 is 0 Å². The van der Waals surface area contributed by atoms with Crippen LogP contribution in [0, 0.1) is 6.92 Å². The first kappa shape index (κ1) is 13.6. The van der Waals surface area contributed by atoms with E-state index in [0.717, 1.165) is 24.3 Å². The van der Waals surface area contributed by atoms with Crippen molar-refractivity contribution in [2.24, 2.45) is 5.73 Å². The van der Waals surface area contributed by atoms with E-state index in [1.54, 1.807) is 12.5 Å².